The van der Waals surface area contributed by atoms with Crippen LogP contribution in [0.3, 0.4) is 0 Å². The van der Waals surface area contributed by atoms with Crippen molar-refractivity contribution in [1.82, 2.24) is 0 Å². The number of hydrogen-bond acceptors (Lipinski definition) is 4. The molecule has 0 bridgehead atoms. The Morgan fingerprint density at radius 1 is 1.10 bits per heavy atom. The van der Waals surface area contributed by atoms with Gasteiger partial charge in [-0.3, -0.25) is 4.79 Å². The minimum Gasteiger partial charge on any atom is -0.507 e. The molecule has 0 aliphatic carbocycles. The third kappa shape index (κ3) is 5.85. The molecule has 0 aromatic heterocycles. The molecule has 0 amide bonds. The molecular formula is C25H29NO3. The number of anilines is 1. The Balaban J connectivity index is 2.51. The molecule has 0 unspecified atom stereocenters. The standard InChI is InChI=1S/C25H29NO3/c1-4-7-9-19-17-20(13-16-23(27)18-11-14-21(26)15-12-18)25(29-6-3)22(24(19)28)10-8-5-2/h4-5,7-8,11-17,28H,6,9-10,26H2,1-3H3. The number of phenols is 1. The third-order valence-corrected chi connectivity index (χ3v) is 4.49. The summed E-state index contributed by atoms with van der Waals surface area (Å²) in [5.74, 6) is 0.728. The van der Waals surface area contributed by atoms with E-state index in [9.17, 15) is 9.90 Å². The molecule has 4 heteroatoms. The lowest BCUT2D eigenvalue weighted by atomic mass is 9.97. The molecule has 0 saturated carbocycles. The van der Waals surface area contributed by atoms with E-state index in [1.165, 1.54) is 6.08 Å². The second-order valence-electron chi connectivity index (χ2n) is 6.58. The van der Waals surface area contributed by atoms with Crippen LogP contribution in [0.1, 0.15) is 47.8 Å². The molecule has 29 heavy (non-hydrogen) atoms. The molecule has 0 saturated heterocycles. The number of phenolic OH excluding ortho intramolecular Hbond substituents is 1. The highest BCUT2D eigenvalue weighted by Crippen LogP contribution is 2.37. The van der Waals surface area contributed by atoms with Crippen molar-refractivity contribution in [2.75, 3.05) is 12.3 Å². The first-order chi connectivity index (χ1) is 14.0. The van der Waals surface area contributed by atoms with Crippen LogP contribution in [0.4, 0.5) is 5.69 Å². The van der Waals surface area contributed by atoms with Crippen molar-refractivity contribution in [3.8, 4) is 11.5 Å². The highest BCUT2D eigenvalue weighted by atomic mass is 16.5. The number of carbonyl (C=O) groups excluding carboxylic acids is 1. The number of benzene rings is 2. The van der Waals surface area contributed by atoms with E-state index in [0.717, 1.165) is 16.7 Å². The predicted molar refractivity (Wildman–Crippen MR) is 121 cm³/mol. The summed E-state index contributed by atoms with van der Waals surface area (Å²) >= 11 is 0. The summed E-state index contributed by atoms with van der Waals surface area (Å²) in [7, 11) is 0. The molecule has 0 aliphatic heterocycles. The van der Waals surface area contributed by atoms with E-state index in [4.69, 9.17) is 10.5 Å². The van der Waals surface area contributed by atoms with Crippen LogP contribution in [0.15, 0.2) is 60.7 Å². The number of hydrogen-bond donors (Lipinski definition) is 2. The Morgan fingerprint density at radius 3 is 2.38 bits per heavy atom. The summed E-state index contributed by atoms with van der Waals surface area (Å²) in [6.07, 6.45) is 12.3. The van der Waals surface area contributed by atoms with Crippen LogP contribution in [0.5, 0.6) is 11.5 Å². The van der Waals surface area contributed by atoms with Gasteiger partial charge in [0, 0.05) is 22.4 Å². The number of ether oxygens (including phenoxy) is 1. The maximum atomic E-state index is 12.5. The summed E-state index contributed by atoms with van der Waals surface area (Å²) < 4.78 is 5.87. The number of nitrogens with two attached hydrogens (primary N) is 1. The van der Waals surface area contributed by atoms with E-state index >= 15 is 0 Å². The smallest absolute Gasteiger partial charge is 0.185 e. The van der Waals surface area contributed by atoms with Gasteiger partial charge in [-0.25, -0.2) is 0 Å². The first-order valence-electron chi connectivity index (χ1n) is 9.82. The third-order valence-electron chi connectivity index (χ3n) is 4.49. The Hall–Kier alpha value is -3.27. The SMILES string of the molecule is CC=CCc1cc(C=CC(=O)c2ccc(N)cc2)c(OCC)c(CC=CC)c1O. The van der Waals surface area contributed by atoms with Crippen LogP contribution < -0.4 is 10.5 Å². The zero-order valence-electron chi connectivity index (χ0n) is 17.3. The van der Waals surface area contributed by atoms with Crippen molar-refractivity contribution >= 4 is 17.5 Å². The number of carbonyl (C=O) groups is 1. The van der Waals surface area contributed by atoms with Gasteiger partial charge in [-0.15, -0.1) is 0 Å². The van der Waals surface area contributed by atoms with Gasteiger partial charge in [0.05, 0.1) is 6.61 Å². The van der Waals surface area contributed by atoms with Crippen LogP contribution in [-0.2, 0) is 12.8 Å². The fraction of sp³-hybridized carbons (Fsp3) is 0.240. The number of nitrogen functional groups attached to an aromatic ring is 1. The number of rotatable bonds is 9. The van der Waals surface area contributed by atoms with Crippen LogP contribution >= 0.6 is 0 Å². The lowest BCUT2D eigenvalue weighted by Gasteiger charge is -2.17. The van der Waals surface area contributed by atoms with Crippen molar-refractivity contribution in [3.05, 3.63) is 83.0 Å². The van der Waals surface area contributed by atoms with Gasteiger partial charge in [-0.1, -0.05) is 24.3 Å². The summed E-state index contributed by atoms with van der Waals surface area (Å²) in [5.41, 5.74) is 9.17. The summed E-state index contributed by atoms with van der Waals surface area (Å²) in [4.78, 5) is 12.5. The molecule has 0 radical (unpaired) electrons. The molecule has 2 rings (SSSR count). The zero-order valence-corrected chi connectivity index (χ0v) is 17.3. The Morgan fingerprint density at radius 2 is 1.76 bits per heavy atom. The number of ketones is 1. The van der Waals surface area contributed by atoms with E-state index in [2.05, 4.69) is 0 Å². The number of allylic oxidation sites excluding steroid dienone is 5. The van der Waals surface area contributed by atoms with Crippen molar-refractivity contribution in [1.29, 1.82) is 0 Å². The number of aromatic hydroxyl groups is 1. The normalized spacial score (nSPS) is 11.7. The van der Waals surface area contributed by atoms with E-state index in [-0.39, 0.29) is 11.5 Å². The van der Waals surface area contributed by atoms with E-state index < -0.39 is 0 Å². The van der Waals surface area contributed by atoms with Crippen molar-refractivity contribution in [2.45, 2.75) is 33.6 Å². The topological polar surface area (TPSA) is 72.6 Å². The molecular weight excluding hydrogens is 362 g/mol. The van der Waals surface area contributed by atoms with Gasteiger partial charge >= 0.3 is 0 Å². The fourth-order valence-corrected chi connectivity index (χ4v) is 2.97. The van der Waals surface area contributed by atoms with Crippen LogP contribution in [0.2, 0.25) is 0 Å². The van der Waals surface area contributed by atoms with Gasteiger partial charge < -0.3 is 15.6 Å². The average molecular weight is 392 g/mol. The second kappa shape index (κ2) is 10.9. The molecule has 4 nitrogen and oxygen atoms in total. The van der Waals surface area contributed by atoms with Crippen LogP contribution in [0, 0.1) is 0 Å². The van der Waals surface area contributed by atoms with Gasteiger partial charge in [-0.05, 0) is 81.7 Å². The lowest BCUT2D eigenvalue weighted by molar-refractivity contribution is 0.104. The quantitative estimate of drug-likeness (QED) is 0.256. The maximum Gasteiger partial charge on any atom is 0.185 e. The first kappa shape index (κ1) is 22.0. The molecule has 152 valence electrons. The zero-order chi connectivity index (χ0) is 21.2. The molecule has 2 aromatic carbocycles. The van der Waals surface area contributed by atoms with Crippen molar-refractivity contribution in [2.24, 2.45) is 0 Å². The lowest BCUT2D eigenvalue weighted by Crippen LogP contribution is -2.02. The first-order valence-corrected chi connectivity index (χ1v) is 9.82. The van der Waals surface area contributed by atoms with Gasteiger partial charge in [0.25, 0.3) is 0 Å². The molecule has 0 spiro atoms. The highest BCUT2D eigenvalue weighted by molar-refractivity contribution is 6.07. The molecule has 0 atom stereocenters. The van der Waals surface area contributed by atoms with Crippen molar-refractivity contribution in [3.63, 3.8) is 0 Å². The average Bonchev–Trinajstić information content (AvgIpc) is 2.72. The summed E-state index contributed by atoms with van der Waals surface area (Å²) in [5, 5.41) is 10.8. The van der Waals surface area contributed by atoms with E-state index in [1.807, 2.05) is 51.1 Å². The molecule has 0 aliphatic rings. The highest BCUT2D eigenvalue weighted by Gasteiger charge is 2.17. The van der Waals surface area contributed by atoms with Gasteiger partial charge in [-0.2, -0.15) is 0 Å². The molecule has 0 fully saturated rings. The Kier molecular flexibility index (Phi) is 8.28. The Bertz CT molecular complexity index is 922. The van der Waals surface area contributed by atoms with Gasteiger partial charge in [0.15, 0.2) is 5.78 Å². The van der Waals surface area contributed by atoms with E-state index in [0.29, 0.717) is 36.4 Å². The fourth-order valence-electron chi connectivity index (χ4n) is 2.97. The monoisotopic (exact) mass is 391 g/mol. The molecule has 0 heterocycles. The largest absolute Gasteiger partial charge is 0.507 e. The minimum absolute atomic E-state index is 0.120. The molecule has 3 N–H and O–H groups in total. The minimum atomic E-state index is -0.120. The van der Waals surface area contributed by atoms with Crippen LogP contribution in [-0.4, -0.2) is 17.5 Å². The predicted octanol–water partition coefficient (Wildman–Crippen LogP) is 5.51. The van der Waals surface area contributed by atoms with Crippen LogP contribution in [0.25, 0.3) is 6.08 Å². The molecule has 2 aromatic rings. The Labute approximate surface area is 173 Å². The summed E-state index contributed by atoms with van der Waals surface area (Å²) in [6, 6.07) is 8.70. The van der Waals surface area contributed by atoms with Crippen molar-refractivity contribution < 1.29 is 14.6 Å². The van der Waals surface area contributed by atoms with Gasteiger partial charge in [0.1, 0.15) is 11.5 Å². The summed E-state index contributed by atoms with van der Waals surface area (Å²) in [6.45, 7) is 6.24. The maximum absolute atomic E-state index is 12.5. The van der Waals surface area contributed by atoms with E-state index in [1.54, 1.807) is 30.3 Å². The second-order valence-corrected chi connectivity index (χ2v) is 6.58. The van der Waals surface area contributed by atoms with Gasteiger partial charge in [0.2, 0.25) is 0 Å².